The van der Waals surface area contributed by atoms with Crippen molar-refractivity contribution in [1.29, 1.82) is 0 Å². The van der Waals surface area contributed by atoms with Crippen molar-refractivity contribution in [1.82, 2.24) is 0 Å². The Morgan fingerprint density at radius 1 is 1.40 bits per heavy atom. The van der Waals surface area contributed by atoms with E-state index in [1.807, 2.05) is 0 Å². The molecule has 0 saturated carbocycles. The fourth-order valence-corrected chi connectivity index (χ4v) is 0. The van der Waals surface area contributed by atoms with E-state index >= 15 is 0 Å². The van der Waals surface area contributed by atoms with Crippen LogP contribution >= 0.6 is 0 Å². The van der Waals surface area contributed by atoms with Gasteiger partial charge in [0.25, 0.3) is 0 Å². The van der Waals surface area contributed by atoms with Crippen LogP contribution in [0.25, 0.3) is 0 Å². The van der Waals surface area contributed by atoms with Gasteiger partial charge in [-0.1, -0.05) is 0 Å². The molecule has 0 fully saturated rings. The van der Waals surface area contributed by atoms with Crippen LogP contribution in [0.1, 0.15) is 0 Å². The van der Waals surface area contributed by atoms with Gasteiger partial charge in [0.1, 0.15) is 0 Å². The minimum Gasteiger partial charge on any atom is -0.356 e. The van der Waals surface area contributed by atoms with E-state index in [1.54, 1.807) is 0 Å². The van der Waals surface area contributed by atoms with Gasteiger partial charge < -0.3 is 15.3 Å². The van der Waals surface area contributed by atoms with Gasteiger partial charge in [0, 0.05) is 0 Å². The Balaban J connectivity index is 0. The molecule has 0 rings (SSSR count). The van der Waals surface area contributed by atoms with E-state index < -0.39 is 5.09 Å². The Hall–Kier alpha value is -0.138. The molecule has 1 radical (unpaired) electrons. The van der Waals surface area contributed by atoms with Gasteiger partial charge >= 0.3 is 20.4 Å². The van der Waals surface area contributed by atoms with Crippen LogP contribution < -0.4 is 0 Å². The van der Waals surface area contributed by atoms with Crippen molar-refractivity contribution in [2.24, 2.45) is 0 Å². The topological polar surface area (TPSA) is 66.2 Å². The van der Waals surface area contributed by atoms with Crippen molar-refractivity contribution in [2.45, 2.75) is 0 Å². The first-order valence-electron chi connectivity index (χ1n) is 0.548. The van der Waals surface area contributed by atoms with Crippen LogP contribution in [0.15, 0.2) is 0 Å². The molecule has 33 valence electrons. The van der Waals surface area contributed by atoms with Crippen molar-refractivity contribution in [3.05, 3.63) is 15.3 Å². The van der Waals surface area contributed by atoms with Gasteiger partial charge in [0.2, 0.25) is 0 Å². The third-order valence-electron chi connectivity index (χ3n) is 0. The van der Waals surface area contributed by atoms with Crippen LogP contribution in [0.2, 0.25) is 0 Å². The zero-order chi connectivity index (χ0) is 3.58. The fourth-order valence-electron chi connectivity index (χ4n) is 0. The molecule has 5 heteroatoms. The van der Waals surface area contributed by atoms with Crippen LogP contribution in [0.4, 0.5) is 0 Å². The first-order chi connectivity index (χ1) is 1.73. The summed E-state index contributed by atoms with van der Waals surface area (Å²) in [7, 11) is 0. The summed E-state index contributed by atoms with van der Waals surface area (Å²) in [6.45, 7) is 0. The molecule has 0 unspecified atom stereocenters. The standard InChI is InChI=1S/NO3.Pd/c2-1(3)4;/q-1;+1. The fraction of sp³-hybridized carbons (Fsp3) is 0. The maximum absolute atomic E-state index is 8.25. The average Bonchev–Trinajstić information content (AvgIpc) is 0.811. The number of hydrogen-bond donors (Lipinski definition) is 0. The Labute approximate surface area is 41.6 Å². The number of nitrogens with zero attached hydrogens (tertiary/aromatic N) is 1. The minimum atomic E-state index is -1.75. The Morgan fingerprint density at radius 2 is 1.40 bits per heavy atom. The van der Waals surface area contributed by atoms with E-state index in [4.69, 9.17) is 15.3 Å². The van der Waals surface area contributed by atoms with Crippen molar-refractivity contribution in [2.75, 3.05) is 0 Å². The summed E-state index contributed by atoms with van der Waals surface area (Å²) in [6, 6.07) is 0. The summed E-state index contributed by atoms with van der Waals surface area (Å²) in [6.07, 6.45) is 0. The van der Waals surface area contributed by atoms with Crippen LogP contribution in [-0.2, 0) is 20.4 Å². The predicted molar refractivity (Wildman–Crippen MR) is 10.4 cm³/mol. The molecular weight excluding hydrogens is 168 g/mol. The summed E-state index contributed by atoms with van der Waals surface area (Å²) in [5.74, 6) is 0. The van der Waals surface area contributed by atoms with Crippen molar-refractivity contribution in [3.63, 3.8) is 0 Å². The quantitative estimate of drug-likeness (QED) is 0.285. The summed E-state index contributed by atoms with van der Waals surface area (Å²) in [5.41, 5.74) is 0. The maximum Gasteiger partial charge on any atom is 1.00 e. The molecule has 0 aromatic rings. The smallest absolute Gasteiger partial charge is 0.356 e. The molecule has 0 amide bonds. The van der Waals surface area contributed by atoms with Gasteiger partial charge in [-0.05, 0) is 0 Å². The van der Waals surface area contributed by atoms with Crippen LogP contribution in [0.3, 0.4) is 0 Å². The van der Waals surface area contributed by atoms with Gasteiger partial charge in [0.15, 0.2) is 0 Å². The maximum atomic E-state index is 8.25. The van der Waals surface area contributed by atoms with Gasteiger partial charge in [-0.15, -0.1) is 0 Å². The van der Waals surface area contributed by atoms with E-state index in [0.29, 0.717) is 0 Å². The summed E-state index contributed by atoms with van der Waals surface area (Å²) >= 11 is 0. The monoisotopic (exact) mass is 168 g/mol. The first kappa shape index (κ1) is 8.85. The van der Waals surface area contributed by atoms with E-state index in [-0.39, 0.29) is 20.4 Å². The molecule has 0 heterocycles. The summed E-state index contributed by atoms with van der Waals surface area (Å²) in [5, 5.41) is 14.8. The molecule has 4 nitrogen and oxygen atoms in total. The van der Waals surface area contributed by atoms with Crippen molar-refractivity contribution < 1.29 is 25.5 Å². The average molecular weight is 168 g/mol. The normalized spacial score (nSPS) is 4.80. The third kappa shape index (κ3) is 707. The molecule has 0 aliphatic carbocycles. The van der Waals surface area contributed by atoms with Crippen molar-refractivity contribution >= 4 is 0 Å². The Bertz CT molecular complexity index is 29.9. The third-order valence-corrected chi connectivity index (χ3v) is 0. The second-order valence-electron chi connectivity index (χ2n) is 0.224. The molecule has 0 aliphatic rings. The molecule has 0 aromatic heterocycles. The molecule has 0 bridgehead atoms. The Morgan fingerprint density at radius 3 is 1.40 bits per heavy atom. The predicted octanol–water partition coefficient (Wildman–Crippen LogP) is -0.242. The van der Waals surface area contributed by atoms with Gasteiger partial charge in [-0.25, -0.2) is 0 Å². The second-order valence-corrected chi connectivity index (χ2v) is 0.224. The molecule has 0 aliphatic heterocycles. The molecule has 5 heavy (non-hydrogen) atoms. The van der Waals surface area contributed by atoms with E-state index in [1.165, 1.54) is 0 Å². The van der Waals surface area contributed by atoms with E-state index in [9.17, 15) is 0 Å². The summed E-state index contributed by atoms with van der Waals surface area (Å²) < 4.78 is 0. The SMILES string of the molecule is O=[N+]([O-])[O-].[Pd+]. The van der Waals surface area contributed by atoms with Crippen LogP contribution in [0.5, 0.6) is 0 Å². The molecule has 0 atom stereocenters. The Kier molecular flexibility index (Phi) is 6.84. The number of hydrogen-bond acceptors (Lipinski definition) is 3. The molecule has 0 aromatic carbocycles. The largest absolute Gasteiger partial charge is 1.00 e. The first-order valence-corrected chi connectivity index (χ1v) is 0.548. The molecule has 0 N–H and O–H groups in total. The van der Waals surface area contributed by atoms with Crippen molar-refractivity contribution in [3.8, 4) is 0 Å². The van der Waals surface area contributed by atoms with Crippen LogP contribution in [0, 0.1) is 15.3 Å². The van der Waals surface area contributed by atoms with E-state index in [0.717, 1.165) is 0 Å². The van der Waals surface area contributed by atoms with E-state index in [2.05, 4.69) is 0 Å². The second kappa shape index (κ2) is 3.86. The van der Waals surface area contributed by atoms with Gasteiger partial charge in [0.05, 0.1) is 5.09 Å². The summed E-state index contributed by atoms with van der Waals surface area (Å²) in [4.78, 5) is 8.25. The van der Waals surface area contributed by atoms with Gasteiger partial charge in [-0.3, -0.25) is 0 Å². The molecule has 0 saturated heterocycles. The molecule has 0 spiro atoms. The zero-order valence-electron chi connectivity index (χ0n) is 1.99. The number of rotatable bonds is 0. The van der Waals surface area contributed by atoms with Gasteiger partial charge in [-0.2, -0.15) is 0 Å². The zero-order valence-corrected chi connectivity index (χ0v) is 3.54. The minimum absolute atomic E-state index is 0. The molecular formula is NO3Pd. The van der Waals surface area contributed by atoms with Crippen LogP contribution in [-0.4, -0.2) is 5.09 Å².